The highest BCUT2D eigenvalue weighted by molar-refractivity contribution is 7.95. The molecule has 0 aliphatic rings. The number of benzene rings is 4. The fourth-order valence-electron chi connectivity index (χ4n) is 8.65. The Bertz CT molecular complexity index is 2250. The van der Waals surface area contributed by atoms with Gasteiger partial charge in [0.15, 0.2) is 0 Å². The molecule has 16 heteroatoms. The van der Waals surface area contributed by atoms with Crippen LogP contribution in [0.1, 0.15) is 110 Å². The van der Waals surface area contributed by atoms with E-state index in [1.807, 2.05) is 27.7 Å². The summed E-state index contributed by atoms with van der Waals surface area (Å²) in [6.45, 7) is 15.9. The SMILES string of the molecule is COc1cccc(OC)c1C(=O)C([PH+]=O)(C(=O)c1c(OC)cccc1OC)C(C)CC(C)(C)C.COc1cccc(OC)c1C(=O)P(=O)(CC(C)CC(C)(C)C)C(=O)c1c(OC)cccc1OC. The first-order chi connectivity index (χ1) is 31.9. The van der Waals surface area contributed by atoms with Gasteiger partial charge in [-0.05, 0) is 78.1 Å². The number of hydrogen-bond acceptors (Lipinski definition) is 14. The highest BCUT2D eigenvalue weighted by atomic mass is 31.2. The maximum absolute atomic E-state index is 14.7. The summed E-state index contributed by atoms with van der Waals surface area (Å²) >= 11 is 0. The molecule has 4 rings (SSSR count). The predicted molar refractivity (Wildman–Crippen MR) is 266 cm³/mol. The van der Waals surface area contributed by atoms with E-state index in [-0.39, 0.29) is 91.2 Å². The first kappa shape index (κ1) is 56.6. The normalized spacial score (nSPS) is 12.6. The number of Topliss-reactive ketones (excluding diaryl/α,β-unsaturated/α-hetero) is 2. The van der Waals surface area contributed by atoms with E-state index in [2.05, 4.69) is 20.8 Å². The van der Waals surface area contributed by atoms with Crippen molar-refractivity contribution in [3.63, 3.8) is 0 Å². The Morgan fingerprint density at radius 2 is 0.721 bits per heavy atom. The maximum atomic E-state index is 14.7. The van der Waals surface area contributed by atoms with Gasteiger partial charge < -0.3 is 42.5 Å². The second-order valence-electron chi connectivity index (χ2n) is 18.8. The molecule has 0 heterocycles. The lowest BCUT2D eigenvalue weighted by Gasteiger charge is -2.31. The van der Waals surface area contributed by atoms with Crippen LogP contribution in [0.5, 0.6) is 46.0 Å². The topological polar surface area (TPSA) is 176 Å². The van der Waals surface area contributed by atoms with Gasteiger partial charge in [-0.3, -0.25) is 19.2 Å². The van der Waals surface area contributed by atoms with Gasteiger partial charge in [0.25, 0.3) is 5.16 Å². The molecule has 68 heavy (non-hydrogen) atoms. The zero-order valence-electron chi connectivity index (χ0n) is 42.4. The lowest BCUT2D eigenvalue weighted by Crippen LogP contribution is -2.48. The van der Waals surface area contributed by atoms with E-state index in [4.69, 9.17) is 37.9 Å². The molecule has 0 aliphatic carbocycles. The van der Waals surface area contributed by atoms with Crippen molar-refractivity contribution in [2.75, 3.05) is 63.0 Å². The first-order valence-electron chi connectivity index (χ1n) is 22.0. The van der Waals surface area contributed by atoms with Crippen LogP contribution in [-0.4, -0.2) is 90.8 Å². The second kappa shape index (κ2) is 24.0. The summed E-state index contributed by atoms with van der Waals surface area (Å²) in [5.74, 6) is -0.377. The number of rotatable bonds is 22. The fourth-order valence-corrected chi connectivity index (χ4v) is 12.1. The van der Waals surface area contributed by atoms with Gasteiger partial charge in [-0.25, -0.2) is 0 Å². The number of ether oxygens (including phenoxy) is 8. The zero-order chi connectivity index (χ0) is 51.4. The number of carbonyl (C=O) groups excluding carboxylic acids is 4. The van der Waals surface area contributed by atoms with E-state index in [9.17, 15) is 28.3 Å². The van der Waals surface area contributed by atoms with Crippen molar-refractivity contribution in [3.8, 4) is 46.0 Å². The van der Waals surface area contributed by atoms with E-state index < -0.39 is 49.3 Å². The summed E-state index contributed by atoms with van der Waals surface area (Å²) in [6.07, 6.45) is 1.02. The Hall–Kier alpha value is -5.71. The zero-order valence-corrected chi connectivity index (χ0v) is 44.3. The third kappa shape index (κ3) is 12.5. The Kier molecular flexibility index (Phi) is 20.0. The molecule has 0 radical (unpaired) electrons. The third-order valence-electron chi connectivity index (χ3n) is 11.3. The van der Waals surface area contributed by atoms with Crippen LogP contribution in [0.15, 0.2) is 72.8 Å². The average Bonchev–Trinajstić information content (AvgIpc) is 3.31. The molecule has 0 N–H and O–H groups in total. The van der Waals surface area contributed by atoms with E-state index in [0.29, 0.717) is 12.8 Å². The Balaban J connectivity index is 0.000000360. The van der Waals surface area contributed by atoms with Crippen LogP contribution in [-0.2, 0) is 9.13 Å². The summed E-state index contributed by atoms with van der Waals surface area (Å²) in [6, 6.07) is 19.4. The van der Waals surface area contributed by atoms with E-state index in [1.54, 1.807) is 79.7 Å². The van der Waals surface area contributed by atoms with Crippen LogP contribution in [0.25, 0.3) is 0 Å². The van der Waals surface area contributed by atoms with Crippen molar-refractivity contribution in [1.82, 2.24) is 0 Å². The summed E-state index contributed by atoms with van der Waals surface area (Å²) < 4.78 is 71.1. The van der Waals surface area contributed by atoms with Crippen molar-refractivity contribution >= 4 is 38.2 Å². The molecule has 0 saturated carbocycles. The molecule has 0 aliphatic heterocycles. The minimum atomic E-state index is -4.25. The lowest BCUT2D eigenvalue weighted by molar-refractivity contribution is 0.0763. The molecule has 14 nitrogen and oxygen atoms in total. The van der Waals surface area contributed by atoms with Crippen molar-refractivity contribution in [1.29, 1.82) is 0 Å². The van der Waals surface area contributed by atoms with E-state index in [1.165, 1.54) is 56.9 Å². The van der Waals surface area contributed by atoms with Crippen LogP contribution in [0.3, 0.4) is 0 Å². The smallest absolute Gasteiger partial charge is 0.348 e. The van der Waals surface area contributed by atoms with Gasteiger partial charge in [0, 0.05) is 12.1 Å². The monoisotopic (exact) mass is 979 g/mol. The van der Waals surface area contributed by atoms with Gasteiger partial charge in [0.2, 0.25) is 29.8 Å². The lowest BCUT2D eigenvalue weighted by atomic mass is 9.73. The van der Waals surface area contributed by atoms with Gasteiger partial charge in [-0.2, -0.15) is 0 Å². The summed E-state index contributed by atoms with van der Waals surface area (Å²) in [7, 11) is 5.81. The molecule has 0 spiro atoms. The molecule has 0 fully saturated rings. The van der Waals surface area contributed by atoms with Crippen LogP contribution >= 0.6 is 15.6 Å². The van der Waals surface area contributed by atoms with Crippen molar-refractivity contribution in [3.05, 3.63) is 95.1 Å². The maximum Gasteiger partial charge on any atom is 0.348 e. The summed E-state index contributed by atoms with van der Waals surface area (Å²) in [4.78, 5) is 56.7. The van der Waals surface area contributed by atoms with Crippen LogP contribution in [0, 0.1) is 22.7 Å². The molecule has 3 unspecified atom stereocenters. The molecule has 0 amide bonds. The predicted octanol–water partition coefficient (Wildman–Crippen LogP) is 11.8. The molecule has 0 bridgehead atoms. The van der Waals surface area contributed by atoms with Gasteiger partial charge in [-0.1, -0.05) is 84.2 Å². The molecular weight excluding hydrogens is 911 g/mol. The van der Waals surface area contributed by atoms with Crippen LogP contribution in [0.4, 0.5) is 0 Å². The standard InChI is InChI=1S/C26H35O7P.C26H33O7P/c1-17(15-26(2,3)4)16-34(29,24(27)22-18(30-5)11-9-12-19(22)31-6)25(28)23-20(32-7)13-10-14-21(23)33-8;1-16(15-25(2,3)4)26(34-29,23(27)21-17(30-5)11-9-12-18(21)31-6)24(28)22-19(32-7)13-10-14-20(22)33-8/h9-14,17H,15-16H2,1-8H3;9-14,16H,15H2,1-8H3/p+1. The van der Waals surface area contributed by atoms with Crippen molar-refractivity contribution in [2.45, 2.75) is 73.4 Å². The average molecular weight is 980 g/mol. The van der Waals surface area contributed by atoms with Gasteiger partial charge in [-0.15, -0.1) is 0 Å². The summed E-state index contributed by atoms with van der Waals surface area (Å²) in [5.41, 5.74) is -1.83. The van der Waals surface area contributed by atoms with Crippen molar-refractivity contribution in [2.24, 2.45) is 22.7 Å². The highest BCUT2D eigenvalue weighted by Gasteiger charge is 2.61. The van der Waals surface area contributed by atoms with Gasteiger partial charge in [0.1, 0.15) is 68.2 Å². The number of hydrogen-bond donors (Lipinski definition) is 0. The minimum absolute atomic E-state index is 0.0130. The Morgan fingerprint density at radius 1 is 0.471 bits per heavy atom. The minimum Gasteiger partial charge on any atom is -0.496 e. The third-order valence-corrected chi connectivity index (χ3v) is 15.5. The second-order valence-corrected chi connectivity index (χ2v) is 22.4. The first-order valence-corrected chi connectivity index (χ1v) is 24.8. The van der Waals surface area contributed by atoms with Crippen LogP contribution in [0.2, 0.25) is 0 Å². The Labute approximate surface area is 403 Å². The number of ketones is 2. The molecule has 0 aromatic heterocycles. The molecule has 4 aromatic rings. The van der Waals surface area contributed by atoms with Gasteiger partial charge in [0.05, 0.1) is 56.9 Å². The van der Waals surface area contributed by atoms with E-state index in [0.717, 1.165) is 0 Å². The molecule has 3 atom stereocenters. The molecule has 4 aromatic carbocycles. The fraction of sp³-hybridized carbons (Fsp3) is 0.462. The Morgan fingerprint density at radius 3 is 0.941 bits per heavy atom. The van der Waals surface area contributed by atoms with E-state index >= 15 is 0 Å². The number of carbonyl (C=O) groups is 4. The van der Waals surface area contributed by atoms with Crippen molar-refractivity contribution < 1.29 is 66.2 Å². The molecule has 370 valence electrons. The largest absolute Gasteiger partial charge is 0.496 e. The number of methoxy groups -OCH3 is 8. The molecular formula is C52H69O14P2+. The van der Waals surface area contributed by atoms with Gasteiger partial charge >= 0.3 is 8.46 Å². The molecule has 0 saturated heterocycles. The quantitative estimate of drug-likeness (QED) is 0.0413. The highest BCUT2D eigenvalue weighted by Crippen LogP contribution is 2.58. The van der Waals surface area contributed by atoms with Crippen LogP contribution < -0.4 is 37.9 Å². The summed E-state index contributed by atoms with van der Waals surface area (Å²) in [5, 5.41) is -1.93.